The Morgan fingerprint density at radius 2 is 2.00 bits per heavy atom. The van der Waals surface area contributed by atoms with Crippen molar-refractivity contribution < 1.29 is 23.9 Å². The van der Waals surface area contributed by atoms with E-state index in [2.05, 4.69) is 5.32 Å². The normalized spacial score (nSPS) is 13.9. The molecule has 102 valence electrons. The van der Waals surface area contributed by atoms with Gasteiger partial charge in [0.15, 0.2) is 5.76 Å². The van der Waals surface area contributed by atoms with Gasteiger partial charge in [0.2, 0.25) is 11.7 Å². The van der Waals surface area contributed by atoms with Crippen molar-refractivity contribution in [3.05, 3.63) is 23.7 Å². The molecule has 0 unspecified atom stereocenters. The monoisotopic (exact) mass is 266 g/mol. The Balaban J connectivity index is 1.93. The first-order chi connectivity index (χ1) is 8.97. The van der Waals surface area contributed by atoms with E-state index in [1.165, 1.54) is 24.1 Å². The molecule has 2 amide bonds. The lowest BCUT2D eigenvalue weighted by Crippen LogP contribution is -2.39. The van der Waals surface area contributed by atoms with Gasteiger partial charge in [-0.3, -0.25) is 9.59 Å². The van der Waals surface area contributed by atoms with Crippen LogP contribution in [0, 0.1) is 0 Å². The fraction of sp³-hybridized carbons (Fsp3) is 0.417. The van der Waals surface area contributed by atoms with Crippen molar-refractivity contribution in [3.63, 3.8) is 0 Å². The number of nitrogens with one attached hydrogen (secondary N) is 1. The Labute approximate surface area is 109 Å². The Kier molecular flexibility index (Phi) is 3.55. The molecule has 0 atom stereocenters. The van der Waals surface area contributed by atoms with Gasteiger partial charge < -0.3 is 19.7 Å². The van der Waals surface area contributed by atoms with Gasteiger partial charge in [0.1, 0.15) is 0 Å². The lowest BCUT2D eigenvalue weighted by molar-refractivity contribution is -0.121. The number of nitrogens with zero attached hydrogens (tertiary/aromatic N) is 1. The molecule has 2 rings (SSSR count). The van der Waals surface area contributed by atoms with E-state index in [0.29, 0.717) is 0 Å². The van der Waals surface area contributed by atoms with Crippen molar-refractivity contribution in [2.45, 2.75) is 18.9 Å². The summed E-state index contributed by atoms with van der Waals surface area (Å²) in [5.41, 5.74) is 0. The summed E-state index contributed by atoms with van der Waals surface area (Å²) in [6.45, 7) is -0.0849. The van der Waals surface area contributed by atoms with Crippen LogP contribution in [0.5, 0.6) is 0 Å². The minimum atomic E-state index is -1.24. The number of likely N-dealkylation sites (N-methyl/N-ethyl adjacent to an activating group) is 1. The summed E-state index contributed by atoms with van der Waals surface area (Å²) in [7, 11) is 1.46. The lowest BCUT2D eigenvalue weighted by atomic mass is 10.3. The predicted octanol–water partition coefficient (Wildman–Crippen LogP) is 0.328. The number of amides is 2. The van der Waals surface area contributed by atoms with Crippen LogP contribution in [0.2, 0.25) is 0 Å². The van der Waals surface area contributed by atoms with Gasteiger partial charge >= 0.3 is 5.97 Å². The van der Waals surface area contributed by atoms with Crippen LogP contribution in [-0.4, -0.2) is 47.4 Å². The molecule has 1 heterocycles. The zero-order valence-corrected chi connectivity index (χ0v) is 10.4. The zero-order valence-electron chi connectivity index (χ0n) is 10.4. The van der Waals surface area contributed by atoms with Crippen molar-refractivity contribution in [2.75, 3.05) is 13.6 Å². The van der Waals surface area contributed by atoms with E-state index < -0.39 is 11.9 Å². The molecule has 7 nitrogen and oxygen atoms in total. The summed E-state index contributed by atoms with van der Waals surface area (Å²) < 4.78 is 4.88. The van der Waals surface area contributed by atoms with Crippen molar-refractivity contribution in [3.8, 4) is 0 Å². The first kappa shape index (κ1) is 13.1. The van der Waals surface area contributed by atoms with Gasteiger partial charge in [-0.25, -0.2) is 4.79 Å². The highest BCUT2D eigenvalue weighted by molar-refractivity contribution is 5.95. The number of rotatable bonds is 5. The van der Waals surface area contributed by atoms with Crippen molar-refractivity contribution >= 4 is 17.8 Å². The van der Waals surface area contributed by atoms with E-state index in [-0.39, 0.29) is 30.0 Å². The summed E-state index contributed by atoms with van der Waals surface area (Å²) in [6, 6.07) is 2.72. The summed E-state index contributed by atoms with van der Waals surface area (Å²) in [5.74, 6) is -2.41. The van der Waals surface area contributed by atoms with E-state index in [1.807, 2.05) is 0 Å². The summed E-state index contributed by atoms with van der Waals surface area (Å²) >= 11 is 0. The van der Waals surface area contributed by atoms with Crippen LogP contribution >= 0.6 is 0 Å². The minimum Gasteiger partial charge on any atom is -0.475 e. The molecule has 1 aliphatic rings. The van der Waals surface area contributed by atoms with Gasteiger partial charge in [-0.05, 0) is 25.0 Å². The van der Waals surface area contributed by atoms with Crippen molar-refractivity contribution in [2.24, 2.45) is 0 Å². The fourth-order valence-corrected chi connectivity index (χ4v) is 1.54. The Hall–Kier alpha value is -2.31. The SMILES string of the molecule is CN(CC(=O)NC1CC1)C(=O)c1ccc(C(=O)O)o1. The molecule has 19 heavy (non-hydrogen) atoms. The Morgan fingerprint density at radius 3 is 2.53 bits per heavy atom. The largest absolute Gasteiger partial charge is 0.475 e. The molecular formula is C12H14N2O5. The molecule has 1 aliphatic carbocycles. The maximum Gasteiger partial charge on any atom is 0.371 e. The molecule has 1 fully saturated rings. The molecule has 1 aromatic rings. The molecule has 0 bridgehead atoms. The molecule has 0 aromatic carbocycles. The maximum atomic E-state index is 11.9. The fourth-order valence-electron chi connectivity index (χ4n) is 1.54. The molecule has 1 saturated carbocycles. The Morgan fingerprint density at radius 1 is 1.37 bits per heavy atom. The van der Waals surface area contributed by atoms with E-state index in [4.69, 9.17) is 9.52 Å². The first-order valence-corrected chi connectivity index (χ1v) is 5.85. The van der Waals surface area contributed by atoms with Gasteiger partial charge in [-0.2, -0.15) is 0 Å². The van der Waals surface area contributed by atoms with Crippen molar-refractivity contribution in [1.82, 2.24) is 10.2 Å². The standard InChI is InChI=1S/C12H14N2O5/c1-14(6-10(15)13-7-2-3-7)11(16)8-4-5-9(19-8)12(17)18/h4-5,7H,2-3,6H2,1H3,(H,13,15)(H,17,18). The minimum absolute atomic E-state index is 0.0849. The number of carboxylic acid groups (broad SMARTS) is 1. The van der Waals surface area contributed by atoms with Gasteiger partial charge in [-0.1, -0.05) is 0 Å². The number of furan rings is 1. The second-order valence-corrected chi connectivity index (χ2v) is 4.47. The van der Waals surface area contributed by atoms with E-state index >= 15 is 0 Å². The highest BCUT2D eigenvalue weighted by Gasteiger charge is 2.25. The number of hydrogen-bond acceptors (Lipinski definition) is 4. The quantitative estimate of drug-likeness (QED) is 0.799. The van der Waals surface area contributed by atoms with Gasteiger partial charge in [0, 0.05) is 13.1 Å². The molecule has 0 aliphatic heterocycles. The van der Waals surface area contributed by atoms with Crippen LogP contribution in [-0.2, 0) is 4.79 Å². The highest BCUT2D eigenvalue weighted by Crippen LogP contribution is 2.18. The molecule has 7 heteroatoms. The average Bonchev–Trinajstić information content (AvgIpc) is 3.00. The maximum absolute atomic E-state index is 11.9. The third kappa shape index (κ3) is 3.34. The van der Waals surface area contributed by atoms with Crippen LogP contribution in [0.1, 0.15) is 34.0 Å². The lowest BCUT2D eigenvalue weighted by Gasteiger charge is -2.15. The third-order valence-corrected chi connectivity index (χ3v) is 2.70. The summed E-state index contributed by atoms with van der Waals surface area (Å²) in [6.07, 6.45) is 1.95. The highest BCUT2D eigenvalue weighted by atomic mass is 16.4. The smallest absolute Gasteiger partial charge is 0.371 e. The number of carbonyl (C=O) groups excluding carboxylic acids is 2. The van der Waals surface area contributed by atoms with Gasteiger partial charge in [0.25, 0.3) is 5.91 Å². The number of carbonyl (C=O) groups is 3. The molecular weight excluding hydrogens is 252 g/mol. The van der Waals surface area contributed by atoms with Gasteiger partial charge in [0.05, 0.1) is 6.54 Å². The van der Waals surface area contributed by atoms with E-state index in [0.717, 1.165) is 12.8 Å². The zero-order chi connectivity index (χ0) is 14.0. The van der Waals surface area contributed by atoms with E-state index in [1.54, 1.807) is 0 Å². The van der Waals surface area contributed by atoms with Crippen LogP contribution < -0.4 is 5.32 Å². The third-order valence-electron chi connectivity index (χ3n) is 2.70. The van der Waals surface area contributed by atoms with Crippen LogP contribution in [0.25, 0.3) is 0 Å². The second kappa shape index (κ2) is 5.13. The number of hydrogen-bond donors (Lipinski definition) is 2. The second-order valence-electron chi connectivity index (χ2n) is 4.47. The van der Waals surface area contributed by atoms with Gasteiger partial charge in [-0.15, -0.1) is 0 Å². The van der Waals surface area contributed by atoms with Crippen molar-refractivity contribution in [1.29, 1.82) is 0 Å². The van der Waals surface area contributed by atoms with E-state index in [9.17, 15) is 14.4 Å². The molecule has 0 saturated heterocycles. The summed E-state index contributed by atoms with van der Waals surface area (Å²) in [5, 5.41) is 11.4. The summed E-state index contributed by atoms with van der Waals surface area (Å²) in [4.78, 5) is 35.2. The average molecular weight is 266 g/mol. The van der Waals surface area contributed by atoms with Crippen LogP contribution in [0.3, 0.4) is 0 Å². The predicted molar refractivity (Wildman–Crippen MR) is 63.8 cm³/mol. The topological polar surface area (TPSA) is 99.9 Å². The molecule has 0 spiro atoms. The van der Waals surface area contributed by atoms with Crippen LogP contribution in [0.15, 0.2) is 16.5 Å². The molecule has 0 radical (unpaired) electrons. The Bertz CT molecular complexity index is 518. The molecule has 2 N–H and O–H groups in total. The van der Waals surface area contributed by atoms with Crippen LogP contribution in [0.4, 0.5) is 0 Å². The number of carboxylic acids is 1. The molecule has 1 aromatic heterocycles. The first-order valence-electron chi connectivity index (χ1n) is 5.85. The number of aromatic carboxylic acids is 1.